The molecule has 5 heteroatoms. The molecule has 1 aliphatic heterocycles. The van der Waals surface area contributed by atoms with E-state index in [9.17, 15) is 4.79 Å². The van der Waals surface area contributed by atoms with Gasteiger partial charge in [0.25, 0.3) is 0 Å². The molecule has 0 spiro atoms. The van der Waals surface area contributed by atoms with Crippen LogP contribution in [0.3, 0.4) is 0 Å². The van der Waals surface area contributed by atoms with E-state index in [4.69, 9.17) is 5.11 Å². The molecule has 15 heavy (non-hydrogen) atoms. The summed E-state index contributed by atoms with van der Waals surface area (Å²) in [4.78, 5) is 13.6. The average molecular weight is 237 g/mol. The molecular weight excluding hydrogens is 216 g/mol. The Morgan fingerprint density at radius 3 is 2.73 bits per heavy atom. The summed E-state index contributed by atoms with van der Waals surface area (Å²) in [5.41, 5.74) is 0. The number of likely N-dealkylation sites (N-methyl/N-ethyl adjacent to an activating group) is 1. The van der Waals surface area contributed by atoms with Crippen molar-refractivity contribution in [3.8, 4) is 0 Å². The van der Waals surface area contributed by atoms with Crippen LogP contribution in [0.25, 0.3) is 0 Å². The van der Waals surface area contributed by atoms with E-state index < -0.39 is 0 Å². The van der Waals surface area contributed by atoms with Crippen LogP contribution in [0, 0.1) is 0 Å². The van der Waals surface area contributed by atoms with Crippen LogP contribution < -0.4 is 5.32 Å². The molecule has 1 rings (SSSR count). The van der Waals surface area contributed by atoms with Crippen molar-refractivity contribution in [2.45, 2.75) is 32.2 Å². The number of carbonyl (C=O) groups excluding carboxylic acids is 1. The third-order valence-electron chi connectivity index (χ3n) is 2.67. The van der Waals surface area contributed by atoms with Crippen LogP contribution in [0.15, 0.2) is 0 Å². The fourth-order valence-corrected chi connectivity index (χ4v) is 1.83. The lowest BCUT2D eigenvalue weighted by Gasteiger charge is -2.28. The van der Waals surface area contributed by atoms with Gasteiger partial charge >= 0.3 is 0 Å². The average Bonchev–Trinajstić information content (AvgIpc) is 2.26. The van der Waals surface area contributed by atoms with Crippen LogP contribution in [0.2, 0.25) is 0 Å². The Morgan fingerprint density at radius 1 is 1.53 bits per heavy atom. The first kappa shape index (κ1) is 14.7. The summed E-state index contributed by atoms with van der Waals surface area (Å²) in [7, 11) is 0. The molecule has 0 aliphatic carbocycles. The third-order valence-corrected chi connectivity index (χ3v) is 2.67. The highest BCUT2D eigenvalue weighted by Gasteiger charge is 2.24. The number of nitrogens with zero attached hydrogens (tertiary/aromatic N) is 1. The van der Waals surface area contributed by atoms with Crippen LogP contribution in [0.5, 0.6) is 0 Å². The van der Waals surface area contributed by atoms with Crippen molar-refractivity contribution in [1.29, 1.82) is 0 Å². The second-order valence-corrected chi connectivity index (χ2v) is 3.64. The number of rotatable bonds is 4. The van der Waals surface area contributed by atoms with Gasteiger partial charge in [-0.1, -0.05) is 6.42 Å². The summed E-state index contributed by atoms with van der Waals surface area (Å²) in [5.74, 6) is 0.140. The maximum atomic E-state index is 11.9. The number of halogens is 1. The fourth-order valence-electron chi connectivity index (χ4n) is 1.83. The number of aliphatic hydroxyl groups excluding tert-OH is 1. The minimum atomic E-state index is -0.0183. The molecule has 2 N–H and O–H groups in total. The Morgan fingerprint density at radius 2 is 2.27 bits per heavy atom. The number of hydrogen-bond donors (Lipinski definition) is 2. The van der Waals surface area contributed by atoms with Crippen molar-refractivity contribution in [2.24, 2.45) is 0 Å². The first-order chi connectivity index (χ1) is 6.79. The first-order valence-corrected chi connectivity index (χ1v) is 5.42. The van der Waals surface area contributed by atoms with E-state index in [2.05, 4.69) is 5.32 Å². The second kappa shape index (κ2) is 7.91. The molecule has 90 valence electrons. The topological polar surface area (TPSA) is 52.6 Å². The van der Waals surface area contributed by atoms with Gasteiger partial charge in [-0.15, -0.1) is 12.4 Å². The highest BCUT2D eigenvalue weighted by molar-refractivity contribution is 5.85. The molecule has 1 amide bonds. The lowest BCUT2D eigenvalue weighted by molar-refractivity contribution is -0.134. The third kappa shape index (κ3) is 4.36. The Hall–Kier alpha value is -0.320. The fraction of sp³-hybridized carbons (Fsp3) is 0.900. The molecule has 0 aromatic heterocycles. The molecule has 0 aromatic rings. The monoisotopic (exact) mass is 236 g/mol. The standard InChI is InChI=1S/C10H20N2O2.ClH/c1-2-12(7-8-13)10(14)9-5-3-4-6-11-9;/h9,11,13H,2-8H2,1H3;1H. The van der Waals surface area contributed by atoms with Gasteiger partial charge in [0.15, 0.2) is 0 Å². The Labute approximate surface area is 97.4 Å². The molecule has 0 aromatic carbocycles. The highest BCUT2D eigenvalue weighted by atomic mass is 35.5. The van der Waals surface area contributed by atoms with Gasteiger partial charge in [0, 0.05) is 13.1 Å². The van der Waals surface area contributed by atoms with Crippen molar-refractivity contribution >= 4 is 18.3 Å². The Kier molecular flexibility index (Phi) is 7.74. The lowest BCUT2D eigenvalue weighted by Crippen LogP contribution is -2.49. The summed E-state index contributed by atoms with van der Waals surface area (Å²) < 4.78 is 0. The molecule has 1 saturated heterocycles. The number of amides is 1. The molecule has 1 aliphatic rings. The molecule has 0 saturated carbocycles. The zero-order chi connectivity index (χ0) is 10.4. The molecule has 1 heterocycles. The predicted octanol–water partition coefficient (Wildman–Crippen LogP) is 0.391. The number of carbonyl (C=O) groups is 1. The van der Waals surface area contributed by atoms with E-state index in [1.165, 1.54) is 0 Å². The summed E-state index contributed by atoms with van der Waals surface area (Å²) in [5, 5.41) is 12.0. The number of piperidine rings is 1. The quantitative estimate of drug-likeness (QED) is 0.743. The summed E-state index contributed by atoms with van der Waals surface area (Å²) in [6, 6.07) is -0.0183. The van der Waals surface area contributed by atoms with Gasteiger partial charge < -0.3 is 15.3 Å². The minimum Gasteiger partial charge on any atom is -0.395 e. The molecule has 0 bridgehead atoms. The summed E-state index contributed by atoms with van der Waals surface area (Å²) in [6.07, 6.45) is 3.22. The van der Waals surface area contributed by atoms with Crippen LogP contribution in [-0.4, -0.2) is 48.2 Å². The van der Waals surface area contributed by atoms with Gasteiger partial charge in [-0.25, -0.2) is 0 Å². The largest absolute Gasteiger partial charge is 0.395 e. The maximum absolute atomic E-state index is 11.9. The van der Waals surface area contributed by atoms with E-state index in [0.29, 0.717) is 13.1 Å². The number of hydrogen-bond acceptors (Lipinski definition) is 3. The Balaban J connectivity index is 0.00000196. The van der Waals surface area contributed by atoms with E-state index in [1.807, 2.05) is 6.92 Å². The van der Waals surface area contributed by atoms with Crippen LogP contribution in [-0.2, 0) is 4.79 Å². The zero-order valence-corrected chi connectivity index (χ0v) is 10.1. The molecule has 0 radical (unpaired) electrons. The van der Waals surface area contributed by atoms with Crippen LogP contribution in [0.1, 0.15) is 26.2 Å². The molecule has 1 fully saturated rings. The first-order valence-electron chi connectivity index (χ1n) is 5.42. The number of nitrogens with one attached hydrogen (secondary N) is 1. The summed E-state index contributed by atoms with van der Waals surface area (Å²) >= 11 is 0. The van der Waals surface area contributed by atoms with Gasteiger partial charge in [-0.05, 0) is 26.3 Å². The van der Waals surface area contributed by atoms with E-state index in [-0.39, 0.29) is 31.0 Å². The maximum Gasteiger partial charge on any atom is 0.239 e. The summed E-state index contributed by atoms with van der Waals surface area (Å²) in [6.45, 7) is 4.06. The van der Waals surface area contributed by atoms with Crippen molar-refractivity contribution in [2.75, 3.05) is 26.2 Å². The molecule has 1 unspecified atom stereocenters. The molecule has 1 atom stereocenters. The molecule has 4 nitrogen and oxygen atoms in total. The SMILES string of the molecule is CCN(CCO)C(=O)C1CCCCN1.Cl. The van der Waals surface area contributed by atoms with Crippen molar-refractivity contribution in [3.63, 3.8) is 0 Å². The van der Waals surface area contributed by atoms with Crippen molar-refractivity contribution in [3.05, 3.63) is 0 Å². The van der Waals surface area contributed by atoms with E-state index in [1.54, 1.807) is 4.90 Å². The highest BCUT2D eigenvalue weighted by Crippen LogP contribution is 2.09. The molecular formula is C10H21ClN2O2. The predicted molar refractivity (Wildman–Crippen MR) is 62.2 cm³/mol. The normalized spacial score (nSPS) is 20.5. The zero-order valence-electron chi connectivity index (χ0n) is 9.24. The second-order valence-electron chi connectivity index (χ2n) is 3.64. The Bertz CT molecular complexity index is 178. The van der Waals surface area contributed by atoms with Gasteiger partial charge in [0.05, 0.1) is 12.6 Å². The van der Waals surface area contributed by atoms with Crippen LogP contribution in [0.4, 0.5) is 0 Å². The smallest absolute Gasteiger partial charge is 0.239 e. The van der Waals surface area contributed by atoms with E-state index in [0.717, 1.165) is 25.8 Å². The van der Waals surface area contributed by atoms with Gasteiger partial charge in [0.2, 0.25) is 5.91 Å². The minimum absolute atomic E-state index is 0. The van der Waals surface area contributed by atoms with Gasteiger partial charge in [0.1, 0.15) is 0 Å². The van der Waals surface area contributed by atoms with Crippen molar-refractivity contribution < 1.29 is 9.90 Å². The number of aliphatic hydroxyl groups is 1. The van der Waals surface area contributed by atoms with Crippen LogP contribution >= 0.6 is 12.4 Å². The van der Waals surface area contributed by atoms with Gasteiger partial charge in [-0.3, -0.25) is 4.79 Å². The van der Waals surface area contributed by atoms with Gasteiger partial charge in [-0.2, -0.15) is 0 Å². The van der Waals surface area contributed by atoms with Crippen molar-refractivity contribution in [1.82, 2.24) is 10.2 Å². The van der Waals surface area contributed by atoms with E-state index >= 15 is 0 Å². The lowest BCUT2D eigenvalue weighted by atomic mass is 10.0.